The molecule has 0 aliphatic carbocycles. The van der Waals surface area contributed by atoms with E-state index in [0.29, 0.717) is 28.7 Å². The monoisotopic (exact) mass is 521 g/mol. The van der Waals surface area contributed by atoms with Crippen LogP contribution in [0.1, 0.15) is 24.3 Å². The molecular weight excluding hydrogens is 492 g/mol. The Morgan fingerprint density at radius 1 is 0.974 bits per heavy atom. The highest BCUT2D eigenvalue weighted by molar-refractivity contribution is 6.11. The Labute approximate surface area is 218 Å². The zero-order chi connectivity index (χ0) is 27.0. The molecule has 0 unspecified atom stereocenters. The number of piperazine rings is 1. The average Bonchev–Trinajstić information content (AvgIpc) is 3.32. The summed E-state index contributed by atoms with van der Waals surface area (Å²) >= 11 is 0. The number of anilines is 2. The second-order valence-corrected chi connectivity index (χ2v) is 9.49. The van der Waals surface area contributed by atoms with Crippen LogP contribution in [-0.2, 0) is 0 Å². The molecule has 1 saturated heterocycles. The van der Waals surface area contributed by atoms with E-state index in [1.165, 1.54) is 26.4 Å². The van der Waals surface area contributed by atoms with E-state index < -0.39 is 17.5 Å². The molecule has 1 aliphatic rings. The Bertz CT molecular complexity index is 1450. The molecule has 5 rings (SSSR count). The summed E-state index contributed by atoms with van der Waals surface area (Å²) in [6, 6.07) is 14.3. The number of aromatic amines is 1. The number of hydrogen-bond acceptors (Lipinski definition) is 6. The zero-order valence-corrected chi connectivity index (χ0v) is 21.6. The van der Waals surface area contributed by atoms with Crippen LogP contribution in [0, 0.1) is 11.6 Å². The van der Waals surface area contributed by atoms with E-state index in [0.717, 1.165) is 24.8 Å². The van der Waals surface area contributed by atoms with Crippen molar-refractivity contribution in [1.29, 1.82) is 0 Å². The van der Waals surface area contributed by atoms with Crippen LogP contribution in [0.4, 0.5) is 20.2 Å². The van der Waals surface area contributed by atoms with E-state index in [4.69, 9.17) is 9.47 Å². The van der Waals surface area contributed by atoms with Crippen molar-refractivity contribution >= 4 is 28.2 Å². The third-order valence-electron chi connectivity index (χ3n) is 6.69. The fourth-order valence-electron chi connectivity index (χ4n) is 4.97. The number of carbonyl (C=O) groups excluding carboxylic acids is 1. The van der Waals surface area contributed by atoms with E-state index in [2.05, 4.69) is 39.6 Å². The van der Waals surface area contributed by atoms with Crippen molar-refractivity contribution in [2.75, 3.05) is 37.5 Å². The number of ether oxygens (including phenoxy) is 2. The number of nitrogens with one attached hydrogen (secondary N) is 3. The number of carbonyl (C=O) groups is 1. The van der Waals surface area contributed by atoms with Crippen LogP contribution in [0.15, 0.2) is 48.5 Å². The van der Waals surface area contributed by atoms with E-state index in [-0.39, 0.29) is 28.3 Å². The van der Waals surface area contributed by atoms with Crippen molar-refractivity contribution in [3.63, 3.8) is 0 Å². The minimum absolute atomic E-state index is 0.144. The number of rotatable bonds is 6. The summed E-state index contributed by atoms with van der Waals surface area (Å²) in [6.07, 6.45) is 0. The second-order valence-electron chi connectivity index (χ2n) is 9.49. The van der Waals surface area contributed by atoms with E-state index in [1.807, 2.05) is 24.3 Å². The molecule has 2 atom stereocenters. The Morgan fingerprint density at radius 3 is 2.21 bits per heavy atom. The maximum Gasteiger partial charge on any atom is 0.276 e. The summed E-state index contributed by atoms with van der Waals surface area (Å²) < 4.78 is 40.0. The lowest BCUT2D eigenvalue weighted by Crippen LogP contribution is -2.54. The van der Waals surface area contributed by atoms with Gasteiger partial charge >= 0.3 is 0 Å². The molecule has 38 heavy (non-hydrogen) atoms. The first-order chi connectivity index (χ1) is 18.3. The first kappa shape index (κ1) is 25.5. The normalized spacial score (nSPS) is 17.5. The van der Waals surface area contributed by atoms with Gasteiger partial charge in [0.1, 0.15) is 0 Å². The maximum absolute atomic E-state index is 15.0. The number of aromatic nitrogens is 2. The van der Waals surface area contributed by atoms with Gasteiger partial charge in [-0.3, -0.25) is 9.89 Å². The number of nitrogens with zero attached hydrogens (tertiary/aromatic N) is 2. The van der Waals surface area contributed by atoms with Gasteiger partial charge in [-0.1, -0.05) is 6.07 Å². The molecule has 2 heterocycles. The highest BCUT2D eigenvalue weighted by Crippen LogP contribution is 2.38. The van der Waals surface area contributed by atoms with Crippen molar-refractivity contribution in [1.82, 2.24) is 15.5 Å². The molecule has 10 heteroatoms. The predicted octanol–water partition coefficient (Wildman–Crippen LogP) is 4.96. The van der Waals surface area contributed by atoms with Crippen molar-refractivity contribution in [3.05, 3.63) is 65.9 Å². The first-order valence-electron chi connectivity index (χ1n) is 12.3. The molecule has 1 fully saturated rings. The molecule has 0 spiro atoms. The zero-order valence-electron chi connectivity index (χ0n) is 21.6. The third-order valence-corrected chi connectivity index (χ3v) is 6.69. The van der Waals surface area contributed by atoms with Crippen LogP contribution in [0.25, 0.3) is 22.0 Å². The van der Waals surface area contributed by atoms with E-state index in [9.17, 15) is 13.6 Å². The summed E-state index contributed by atoms with van der Waals surface area (Å²) in [4.78, 5) is 15.3. The maximum atomic E-state index is 15.0. The van der Waals surface area contributed by atoms with E-state index in [1.54, 1.807) is 6.07 Å². The number of amides is 1. The van der Waals surface area contributed by atoms with Gasteiger partial charge in [0.05, 0.1) is 25.3 Å². The van der Waals surface area contributed by atoms with Crippen LogP contribution in [0.2, 0.25) is 0 Å². The molecule has 3 aromatic carbocycles. The summed E-state index contributed by atoms with van der Waals surface area (Å²) in [7, 11) is 2.59. The molecule has 8 nitrogen and oxygen atoms in total. The Kier molecular flexibility index (Phi) is 6.90. The Morgan fingerprint density at radius 2 is 1.61 bits per heavy atom. The van der Waals surface area contributed by atoms with Crippen molar-refractivity contribution in [2.24, 2.45) is 0 Å². The molecule has 1 aliphatic heterocycles. The fourth-order valence-corrected chi connectivity index (χ4v) is 4.97. The summed E-state index contributed by atoms with van der Waals surface area (Å²) in [6.45, 7) is 6.14. The van der Waals surface area contributed by atoms with Crippen LogP contribution in [-0.4, -0.2) is 55.5 Å². The smallest absolute Gasteiger partial charge is 0.276 e. The van der Waals surface area contributed by atoms with Crippen molar-refractivity contribution in [3.8, 4) is 22.6 Å². The standard InChI is InChI=1S/C28H29F2N5O3/c1-15-13-35(14-16(2)31-15)19-8-6-18(7-9-19)32-28(36)27-20-10-5-17(11-21(20)33-34-27)24-25(29)22(37-3)12-23(38-4)26(24)30/h5-12,15-16,31H,13-14H2,1-4H3,(H,32,36)(H,33,34)/t15-,16+. The van der Waals surface area contributed by atoms with Gasteiger partial charge in [0, 0.05) is 48.0 Å². The highest BCUT2D eigenvalue weighted by Gasteiger charge is 2.24. The van der Waals surface area contributed by atoms with Gasteiger partial charge in [0.15, 0.2) is 28.8 Å². The fraction of sp³-hybridized carbons (Fsp3) is 0.286. The number of fused-ring (bicyclic) bond motifs is 1. The lowest BCUT2D eigenvalue weighted by molar-refractivity contribution is 0.102. The number of H-pyrrole nitrogens is 1. The molecular formula is C28H29F2N5O3. The van der Waals surface area contributed by atoms with Gasteiger partial charge in [0.25, 0.3) is 5.91 Å². The Balaban J connectivity index is 1.37. The minimum Gasteiger partial charge on any atom is -0.494 e. The molecule has 0 radical (unpaired) electrons. The lowest BCUT2D eigenvalue weighted by Gasteiger charge is -2.37. The molecule has 0 bridgehead atoms. The molecule has 4 aromatic rings. The van der Waals surface area contributed by atoms with Gasteiger partial charge in [-0.2, -0.15) is 5.10 Å². The van der Waals surface area contributed by atoms with Crippen LogP contribution >= 0.6 is 0 Å². The van der Waals surface area contributed by atoms with Gasteiger partial charge in [-0.15, -0.1) is 0 Å². The number of benzene rings is 3. The molecule has 0 saturated carbocycles. The molecule has 1 aromatic heterocycles. The second kappa shape index (κ2) is 10.3. The average molecular weight is 522 g/mol. The molecule has 1 amide bonds. The van der Waals surface area contributed by atoms with Crippen molar-refractivity contribution in [2.45, 2.75) is 25.9 Å². The predicted molar refractivity (Wildman–Crippen MR) is 143 cm³/mol. The van der Waals surface area contributed by atoms with Gasteiger partial charge in [-0.25, -0.2) is 8.78 Å². The van der Waals surface area contributed by atoms with Gasteiger partial charge in [0.2, 0.25) is 0 Å². The van der Waals surface area contributed by atoms with Crippen LogP contribution in [0.3, 0.4) is 0 Å². The van der Waals surface area contributed by atoms with Gasteiger partial charge < -0.3 is 25.0 Å². The topological polar surface area (TPSA) is 91.5 Å². The van der Waals surface area contributed by atoms with E-state index >= 15 is 0 Å². The minimum atomic E-state index is -0.851. The summed E-state index contributed by atoms with van der Waals surface area (Å²) in [5.41, 5.74) is 2.30. The number of methoxy groups -OCH3 is 2. The van der Waals surface area contributed by atoms with Crippen LogP contribution < -0.4 is 25.0 Å². The van der Waals surface area contributed by atoms with Crippen molar-refractivity contribution < 1.29 is 23.0 Å². The largest absolute Gasteiger partial charge is 0.494 e. The molecule has 198 valence electrons. The lowest BCUT2D eigenvalue weighted by atomic mass is 10.0. The number of hydrogen-bond donors (Lipinski definition) is 3. The summed E-state index contributed by atoms with van der Waals surface area (Å²) in [5, 5.41) is 13.9. The Hall–Kier alpha value is -4.18. The summed E-state index contributed by atoms with van der Waals surface area (Å²) in [5.74, 6) is -2.39. The van der Waals surface area contributed by atoms with Crippen LogP contribution in [0.5, 0.6) is 11.5 Å². The molecule has 3 N–H and O–H groups in total. The SMILES string of the molecule is COc1cc(OC)c(F)c(-c2ccc3c(C(=O)Nc4ccc(N5C[C@@H](C)N[C@@H](C)C5)cc4)n[nH]c3c2)c1F. The first-order valence-corrected chi connectivity index (χ1v) is 12.3. The third kappa shape index (κ3) is 4.74. The number of halogens is 2. The highest BCUT2D eigenvalue weighted by atomic mass is 19.1. The quantitative estimate of drug-likeness (QED) is 0.332. The van der Waals surface area contributed by atoms with Gasteiger partial charge in [-0.05, 0) is 55.8 Å².